The van der Waals surface area contributed by atoms with E-state index < -0.39 is 5.79 Å². The summed E-state index contributed by atoms with van der Waals surface area (Å²) in [5, 5.41) is 10.9. The molecular weight excluding hydrogens is 212 g/mol. The normalized spacial score (nSPS) is 13.6. The Morgan fingerprint density at radius 2 is 1.24 bits per heavy atom. The van der Waals surface area contributed by atoms with Crippen LogP contribution in [0.4, 0.5) is 0 Å². The van der Waals surface area contributed by atoms with E-state index >= 15 is 0 Å². The van der Waals surface area contributed by atoms with Crippen LogP contribution >= 0.6 is 0 Å². The van der Waals surface area contributed by atoms with Gasteiger partial charge in [0.25, 0.3) is 0 Å². The molecule has 0 bridgehead atoms. The lowest BCUT2D eigenvalue weighted by Gasteiger charge is -2.48. The minimum atomic E-state index is -1.22. The molecule has 17 heavy (non-hydrogen) atoms. The van der Waals surface area contributed by atoms with Crippen molar-refractivity contribution in [2.24, 2.45) is 10.8 Å². The molecule has 0 radical (unpaired) electrons. The predicted octanol–water partition coefficient (Wildman–Crippen LogP) is 3.85. The van der Waals surface area contributed by atoms with E-state index in [0.717, 1.165) is 0 Å². The van der Waals surface area contributed by atoms with E-state index in [0.29, 0.717) is 5.75 Å². The molecule has 0 unspecified atom stereocenters. The van der Waals surface area contributed by atoms with Crippen LogP contribution in [0.1, 0.15) is 41.5 Å². The van der Waals surface area contributed by atoms with E-state index in [9.17, 15) is 5.11 Å². The average molecular weight is 236 g/mol. The molecule has 1 rings (SSSR count). The van der Waals surface area contributed by atoms with E-state index in [1.54, 1.807) is 0 Å². The van der Waals surface area contributed by atoms with Gasteiger partial charge in [0.15, 0.2) is 0 Å². The van der Waals surface area contributed by atoms with Gasteiger partial charge < -0.3 is 9.84 Å². The first-order valence-corrected chi connectivity index (χ1v) is 6.04. The SMILES string of the molecule is CC(C)(C)C(O)(Oc1ccccc1)C(C)(C)C. The molecule has 0 saturated carbocycles. The van der Waals surface area contributed by atoms with Gasteiger partial charge in [0.05, 0.1) is 0 Å². The summed E-state index contributed by atoms with van der Waals surface area (Å²) in [6.07, 6.45) is 0. The highest BCUT2D eigenvalue weighted by atomic mass is 16.6. The summed E-state index contributed by atoms with van der Waals surface area (Å²) < 4.78 is 5.89. The first-order chi connectivity index (χ1) is 7.58. The summed E-state index contributed by atoms with van der Waals surface area (Å²) in [7, 11) is 0. The van der Waals surface area contributed by atoms with Gasteiger partial charge in [-0.3, -0.25) is 0 Å². The van der Waals surface area contributed by atoms with Gasteiger partial charge in [-0.25, -0.2) is 0 Å². The summed E-state index contributed by atoms with van der Waals surface area (Å²) in [4.78, 5) is 0. The summed E-state index contributed by atoms with van der Waals surface area (Å²) in [6.45, 7) is 11.9. The first-order valence-electron chi connectivity index (χ1n) is 6.04. The molecule has 2 nitrogen and oxygen atoms in total. The Morgan fingerprint density at radius 1 is 0.824 bits per heavy atom. The van der Waals surface area contributed by atoms with Crippen molar-refractivity contribution in [1.82, 2.24) is 0 Å². The lowest BCUT2D eigenvalue weighted by atomic mass is 9.70. The van der Waals surface area contributed by atoms with E-state index in [4.69, 9.17) is 4.74 Å². The standard InChI is InChI=1S/C15H24O2/c1-13(2,3)15(16,14(4,5)6)17-12-10-8-7-9-11-12/h7-11,16H,1-6H3. The number of para-hydroxylation sites is 1. The van der Waals surface area contributed by atoms with Crippen molar-refractivity contribution in [3.63, 3.8) is 0 Å². The maximum Gasteiger partial charge on any atom is 0.217 e. The van der Waals surface area contributed by atoms with Crippen LogP contribution in [0.25, 0.3) is 0 Å². The Balaban J connectivity index is 3.11. The largest absolute Gasteiger partial charge is 0.461 e. The molecule has 1 N–H and O–H groups in total. The van der Waals surface area contributed by atoms with E-state index in [2.05, 4.69) is 0 Å². The second-order valence-electron chi connectivity index (χ2n) is 6.56. The van der Waals surface area contributed by atoms with Gasteiger partial charge in [-0.1, -0.05) is 59.7 Å². The zero-order valence-electron chi connectivity index (χ0n) is 11.7. The molecule has 0 spiro atoms. The minimum Gasteiger partial charge on any atom is -0.461 e. The zero-order chi connectivity index (χ0) is 13.3. The smallest absolute Gasteiger partial charge is 0.217 e. The van der Waals surface area contributed by atoms with Gasteiger partial charge >= 0.3 is 0 Å². The minimum absolute atomic E-state index is 0.374. The topological polar surface area (TPSA) is 29.5 Å². The van der Waals surface area contributed by atoms with Gasteiger partial charge in [0.2, 0.25) is 5.79 Å². The number of aliphatic hydroxyl groups is 1. The third kappa shape index (κ3) is 2.81. The van der Waals surface area contributed by atoms with Crippen LogP contribution in [0.2, 0.25) is 0 Å². The third-order valence-electron chi connectivity index (χ3n) is 3.04. The Kier molecular flexibility index (Phi) is 3.58. The Morgan fingerprint density at radius 3 is 1.59 bits per heavy atom. The fourth-order valence-electron chi connectivity index (χ4n) is 2.09. The van der Waals surface area contributed by atoms with Crippen molar-refractivity contribution >= 4 is 0 Å². The number of hydrogen-bond acceptors (Lipinski definition) is 2. The molecule has 0 saturated heterocycles. The molecule has 0 amide bonds. The molecular formula is C15H24O2. The van der Waals surface area contributed by atoms with Crippen molar-refractivity contribution < 1.29 is 9.84 Å². The van der Waals surface area contributed by atoms with Crippen LogP contribution < -0.4 is 4.74 Å². The van der Waals surface area contributed by atoms with Gasteiger partial charge in [0.1, 0.15) is 5.75 Å². The van der Waals surface area contributed by atoms with Crippen LogP contribution in [0.3, 0.4) is 0 Å². The van der Waals surface area contributed by atoms with Crippen molar-refractivity contribution in [1.29, 1.82) is 0 Å². The number of rotatable bonds is 2. The van der Waals surface area contributed by atoms with Crippen LogP contribution in [-0.4, -0.2) is 10.9 Å². The van der Waals surface area contributed by atoms with Gasteiger partial charge in [0, 0.05) is 10.8 Å². The fraction of sp³-hybridized carbons (Fsp3) is 0.600. The van der Waals surface area contributed by atoms with Crippen molar-refractivity contribution in [2.45, 2.75) is 47.3 Å². The zero-order valence-corrected chi connectivity index (χ0v) is 11.7. The molecule has 0 atom stereocenters. The second-order valence-corrected chi connectivity index (χ2v) is 6.56. The lowest BCUT2D eigenvalue weighted by Crippen LogP contribution is -2.57. The van der Waals surface area contributed by atoms with Crippen molar-refractivity contribution in [3.8, 4) is 5.75 Å². The monoisotopic (exact) mass is 236 g/mol. The molecule has 0 heterocycles. The molecule has 1 aromatic rings. The number of hydrogen-bond donors (Lipinski definition) is 1. The molecule has 0 aromatic heterocycles. The van der Waals surface area contributed by atoms with Crippen molar-refractivity contribution in [2.75, 3.05) is 0 Å². The van der Waals surface area contributed by atoms with E-state index in [1.165, 1.54) is 0 Å². The molecule has 0 fully saturated rings. The number of ether oxygens (including phenoxy) is 1. The lowest BCUT2D eigenvalue weighted by molar-refractivity contribution is -0.266. The summed E-state index contributed by atoms with van der Waals surface area (Å²) in [6, 6.07) is 9.47. The Hall–Kier alpha value is -1.02. The predicted molar refractivity (Wildman–Crippen MR) is 70.9 cm³/mol. The maximum absolute atomic E-state index is 10.9. The molecule has 0 aliphatic carbocycles. The van der Waals surface area contributed by atoms with Crippen molar-refractivity contribution in [3.05, 3.63) is 30.3 Å². The fourth-order valence-corrected chi connectivity index (χ4v) is 2.09. The summed E-state index contributed by atoms with van der Waals surface area (Å²) >= 11 is 0. The molecule has 0 aliphatic heterocycles. The Labute approximate surface area is 105 Å². The van der Waals surface area contributed by atoms with E-state index in [1.807, 2.05) is 71.9 Å². The Bertz CT molecular complexity index is 341. The molecule has 0 aliphatic rings. The van der Waals surface area contributed by atoms with Gasteiger partial charge in [-0.2, -0.15) is 0 Å². The van der Waals surface area contributed by atoms with E-state index in [-0.39, 0.29) is 10.8 Å². The summed E-state index contributed by atoms with van der Waals surface area (Å²) in [5.41, 5.74) is -0.748. The highest BCUT2D eigenvalue weighted by Gasteiger charge is 2.52. The first kappa shape index (κ1) is 14.0. The number of benzene rings is 1. The molecule has 1 aromatic carbocycles. The molecule has 2 heteroatoms. The van der Waals surface area contributed by atoms with Crippen LogP contribution in [0, 0.1) is 10.8 Å². The van der Waals surface area contributed by atoms with Crippen LogP contribution in [0.15, 0.2) is 30.3 Å². The van der Waals surface area contributed by atoms with Crippen LogP contribution in [0.5, 0.6) is 5.75 Å². The quantitative estimate of drug-likeness (QED) is 0.790. The van der Waals surface area contributed by atoms with Crippen LogP contribution in [-0.2, 0) is 0 Å². The average Bonchev–Trinajstić information content (AvgIpc) is 2.15. The van der Waals surface area contributed by atoms with Gasteiger partial charge in [-0.05, 0) is 12.1 Å². The maximum atomic E-state index is 10.9. The third-order valence-corrected chi connectivity index (χ3v) is 3.04. The highest BCUT2D eigenvalue weighted by molar-refractivity contribution is 5.22. The molecule has 96 valence electrons. The highest BCUT2D eigenvalue weighted by Crippen LogP contribution is 2.44. The summed E-state index contributed by atoms with van der Waals surface area (Å²) in [5.74, 6) is -0.527. The second kappa shape index (κ2) is 4.34. The van der Waals surface area contributed by atoms with Gasteiger partial charge in [-0.15, -0.1) is 0 Å².